The molecule has 1 N–H and O–H groups in total. The Kier molecular flexibility index (Phi) is 4.80. The van der Waals surface area contributed by atoms with Crippen molar-refractivity contribution in [3.05, 3.63) is 72.5 Å². The largest absolute Gasteiger partial charge is 0.325 e. The zero-order valence-corrected chi connectivity index (χ0v) is 14.9. The average molecular weight is 379 g/mol. The Morgan fingerprint density at radius 1 is 1.00 bits per heavy atom. The van der Waals surface area contributed by atoms with Gasteiger partial charge in [0.05, 0.1) is 11.4 Å². The quantitative estimate of drug-likeness (QED) is 0.536. The minimum Gasteiger partial charge on any atom is -0.325 e. The molecule has 4 aromatic rings. The van der Waals surface area contributed by atoms with Crippen LogP contribution in [0.3, 0.4) is 0 Å². The topological polar surface area (TPSA) is 72.2 Å². The number of hydrogen-bond acceptors (Lipinski definition) is 5. The predicted octanol–water partition coefficient (Wildman–Crippen LogP) is 3.66. The number of carbonyl (C=O) groups excluding carboxylic acids is 1. The van der Waals surface area contributed by atoms with Gasteiger partial charge in [-0.05, 0) is 48.5 Å². The van der Waals surface area contributed by atoms with E-state index >= 15 is 0 Å². The van der Waals surface area contributed by atoms with Crippen molar-refractivity contribution in [2.75, 3.05) is 11.1 Å². The summed E-state index contributed by atoms with van der Waals surface area (Å²) < 4.78 is 14.7. The van der Waals surface area contributed by atoms with Crippen molar-refractivity contribution in [1.82, 2.24) is 19.8 Å². The summed E-state index contributed by atoms with van der Waals surface area (Å²) in [6.07, 6.45) is 0. The van der Waals surface area contributed by atoms with E-state index in [2.05, 4.69) is 20.6 Å². The van der Waals surface area contributed by atoms with Crippen LogP contribution in [-0.2, 0) is 4.79 Å². The smallest absolute Gasteiger partial charge is 0.234 e. The summed E-state index contributed by atoms with van der Waals surface area (Å²) in [5.74, 6) is -0.263. The Labute approximate surface area is 158 Å². The van der Waals surface area contributed by atoms with E-state index in [0.717, 1.165) is 11.3 Å². The lowest BCUT2D eigenvalue weighted by Gasteiger charge is -2.05. The molecule has 1 amide bonds. The van der Waals surface area contributed by atoms with Crippen LogP contribution in [-0.4, -0.2) is 31.5 Å². The summed E-state index contributed by atoms with van der Waals surface area (Å²) in [5.41, 5.74) is 2.76. The number of fused-ring (bicyclic) bond motifs is 1. The van der Waals surface area contributed by atoms with E-state index in [4.69, 9.17) is 0 Å². The monoisotopic (exact) mass is 379 g/mol. The highest BCUT2D eigenvalue weighted by Gasteiger charge is 2.12. The van der Waals surface area contributed by atoms with E-state index in [1.54, 1.807) is 28.8 Å². The van der Waals surface area contributed by atoms with E-state index in [9.17, 15) is 9.18 Å². The maximum absolute atomic E-state index is 13.1. The maximum atomic E-state index is 13.1. The number of nitrogens with zero attached hydrogens (tertiary/aromatic N) is 4. The van der Waals surface area contributed by atoms with Crippen molar-refractivity contribution in [3.63, 3.8) is 0 Å². The predicted molar refractivity (Wildman–Crippen MR) is 102 cm³/mol. The molecule has 0 fully saturated rings. The molecule has 134 valence electrons. The Morgan fingerprint density at radius 3 is 2.56 bits per heavy atom. The van der Waals surface area contributed by atoms with Gasteiger partial charge in [-0.15, -0.1) is 10.2 Å². The zero-order chi connectivity index (χ0) is 18.6. The van der Waals surface area contributed by atoms with Crippen molar-refractivity contribution < 1.29 is 9.18 Å². The van der Waals surface area contributed by atoms with Crippen LogP contribution < -0.4 is 5.32 Å². The van der Waals surface area contributed by atoms with E-state index in [1.165, 1.54) is 23.9 Å². The van der Waals surface area contributed by atoms with Gasteiger partial charge in [-0.2, -0.15) is 9.61 Å². The summed E-state index contributed by atoms with van der Waals surface area (Å²) in [6, 6.07) is 18.9. The highest BCUT2D eigenvalue weighted by atomic mass is 32.2. The molecule has 27 heavy (non-hydrogen) atoms. The first-order valence-electron chi connectivity index (χ1n) is 8.15. The molecule has 0 atom stereocenters. The molecule has 0 aliphatic heterocycles. The number of benzene rings is 2. The van der Waals surface area contributed by atoms with Crippen LogP contribution in [0.1, 0.15) is 0 Å². The van der Waals surface area contributed by atoms with Gasteiger partial charge in [-0.3, -0.25) is 4.79 Å². The van der Waals surface area contributed by atoms with Gasteiger partial charge in [0, 0.05) is 11.3 Å². The molecule has 2 aromatic heterocycles. The second-order valence-corrected chi connectivity index (χ2v) is 6.62. The van der Waals surface area contributed by atoms with E-state index < -0.39 is 0 Å². The summed E-state index contributed by atoms with van der Waals surface area (Å²) in [5, 5.41) is 16.0. The second-order valence-electron chi connectivity index (χ2n) is 5.68. The van der Waals surface area contributed by atoms with Gasteiger partial charge >= 0.3 is 0 Å². The van der Waals surface area contributed by atoms with E-state index in [0.29, 0.717) is 16.5 Å². The second kappa shape index (κ2) is 7.55. The van der Waals surface area contributed by atoms with Crippen molar-refractivity contribution in [2.45, 2.75) is 5.16 Å². The summed E-state index contributed by atoms with van der Waals surface area (Å²) >= 11 is 1.25. The van der Waals surface area contributed by atoms with Crippen LogP contribution in [0.25, 0.3) is 16.9 Å². The van der Waals surface area contributed by atoms with Crippen molar-refractivity contribution in [3.8, 4) is 11.3 Å². The Bertz CT molecular complexity index is 1080. The minimum atomic E-state index is -0.301. The Hall–Kier alpha value is -3.26. The van der Waals surface area contributed by atoms with Crippen LogP contribution in [0.15, 0.2) is 71.9 Å². The standard InChI is InChI=1S/C19H14FN5OS/c20-14-8-6-13(7-9-14)16-10-11-17-22-23-19(25(17)24-16)27-12-18(26)21-15-4-2-1-3-5-15/h1-11H,12H2,(H,21,26). The van der Waals surface area contributed by atoms with E-state index in [-0.39, 0.29) is 17.5 Å². The zero-order valence-electron chi connectivity index (χ0n) is 14.0. The molecule has 8 heteroatoms. The third-order valence-electron chi connectivity index (χ3n) is 3.76. The highest BCUT2D eigenvalue weighted by molar-refractivity contribution is 7.99. The fourth-order valence-corrected chi connectivity index (χ4v) is 3.17. The Morgan fingerprint density at radius 2 is 1.78 bits per heavy atom. The number of para-hydroxylation sites is 1. The lowest BCUT2D eigenvalue weighted by Crippen LogP contribution is -2.14. The molecule has 0 radical (unpaired) electrons. The third-order valence-corrected chi connectivity index (χ3v) is 4.68. The first-order valence-corrected chi connectivity index (χ1v) is 9.14. The molecule has 0 spiro atoms. The van der Waals surface area contributed by atoms with Crippen LogP contribution >= 0.6 is 11.8 Å². The van der Waals surface area contributed by atoms with Crippen molar-refractivity contribution >= 4 is 29.0 Å². The fourth-order valence-electron chi connectivity index (χ4n) is 2.48. The fraction of sp³-hybridized carbons (Fsp3) is 0.0526. The molecule has 0 aliphatic carbocycles. The first kappa shape index (κ1) is 17.2. The number of carbonyl (C=O) groups is 1. The number of rotatable bonds is 5. The molecule has 6 nitrogen and oxygen atoms in total. The lowest BCUT2D eigenvalue weighted by molar-refractivity contribution is -0.113. The normalized spacial score (nSPS) is 10.9. The number of nitrogens with one attached hydrogen (secondary N) is 1. The van der Waals surface area contributed by atoms with Gasteiger partial charge in [0.2, 0.25) is 11.1 Å². The molecule has 0 unspecified atom stereocenters. The number of halogens is 1. The van der Waals surface area contributed by atoms with Gasteiger partial charge in [-0.1, -0.05) is 30.0 Å². The first-order chi connectivity index (χ1) is 13.2. The minimum absolute atomic E-state index is 0.141. The molecule has 2 aromatic carbocycles. The maximum Gasteiger partial charge on any atom is 0.234 e. The average Bonchev–Trinajstić information content (AvgIpc) is 3.10. The van der Waals surface area contributed by atoms with Crippen LogP contribution in [0.2, 0.25) is 0 Å². The number of aromatic nitrogens is 4. The van der Waals surface area contributed by atoms with Gasteiger partial charge in [0.1, 0.15) is 5.82 Å². The third kappa shape index (κ3) is 3.95. The molecule has 0 aliphatic rings. The molecule has 4 rings (SSSR count). The lowest BCUT2D eigenvalue weighted by atomic mass is 10.1. The highest BCUT2D eigenvalue weighted by Crippen LogP contribution is 2.21. The molecular weight excluding hydrogens is 365 g/mol. The molecule has 2 heterocycles. The van der Waals surface area contributed by atoms with Crippen LogP contribution in [0.4, 0.5) is 10.1 Å². The van der Waals surface area contributed by atoms with Gasteiger partial charge in [0.15, 0.2) is 5.65 Å². The number of anilines is 1. The molecular formula is C19H14FN5OS. The van der Waals surface area contributed by atoms with Crippen LogP contribution in [0.5, 0.6) is 0 Å². The molecule has 0 saturated heterocycles. The molecule has 0 bridgehead atoms. The molecule has 0 saturated carbocycles. The van der Waals surface area contributed by atoms with Gasteiger partial charge < -0.3 is 5.32 Å². The van der Waals surface area contributed by atoms with Crippen molar-refractivity contribution in [1.29, 1.82) is 0 Å². The van der Waals surface area contributed by atoms with Crippen LogP contribution in [0, 0.1) is 5.82 Å². The Balaban J connectivity index is 1.51. The number of amides is 1. The van der Waals surface area contributed by atoms with E-state index in [1.807, 2.05) is 30.3 Å². The summed E-state index contributed by atoms with van der Waals surface area (Å²) in [6.45, 7) is 0. The van der Waals surface area contributed by atoms with Gasteiger partial charge in [0.25, 0.3) is 0 Å². The number of thioether (sulfide) groups is 1. The SMILES string of the molecule is O=C(CSc1nnc2ccc(-c3ccc(F)cc3)nn12)Nc1ccccc1. The number of hydrogen-bond donors (Lipinski definition) is 1. The summed E-state index contributed by atoms with van der Waals surface area (Å²) in [4.78, 5) is 12.1. The van der Waals surface area contributed by atoms with Gasteiger partial charge in [-0.25, -0.2) is 4.39 Å². The van der Waals surface area contributed by atoms with Crippen molar-refractivity contribution in [2.24, 2.45) is 0 Å². The summed E-state index contributed by atoms with van der Waals surface area (Å²) in [7, 11) is 0.